The number of likely N-dealkylation sites (N-methyl/N-ethyl adjacent to an activating group) is 1. The van der Waals surface area contributed by atoms with Crippen molar-refractivity contribution in [1.82, 2.24) is 10.2 Å². The molecule has 9 heteroatoms. The zero-order chi connectivity index (χ0) is 22.3. The fourth-order valence-corrected chi connectivity index (χ4v) is 2.64. The van der Waals surface area contributed by atoms with Gasteiger partial charge in [0, 0.05) is 17.4 Å². The second-order valence-electron chi connectivity index (χ2n) is 6.92. The number of nitrogens with zero attached hydrogens (tertiary/aromatic N) is 1. The Kier molecular flexibility index (Phi) is 7.99. The van der Waals surface area contributed by atoms with E-state index in [1.165, 1.54) is 11.0 Å². The van der Waals surface area contributed by atoms with Crippen molar-refractivity contribution in [3.05, 3.63) is 59.2 Å². The molecule has 0 spiro atoms. The molecule has 2 aromatic carbocycles. The lowest BCUT2D eigenvalue weighted by atomic mass is 10.1. The van der Waals surface area contributed by atoms with Gasteiger partial charge in [0.25, 0.3) is 0 Å². The predicted octanol–water partition coefficient (Wildman–Crippen LogP) is 2.21. The summed E-state index contributed by atoms with van der Waals surface area (Å²) in [7, 11) is 1.60. The predicted molar refractivity (Wildman–Crippen MR) is 110 cm³/mol. The van der Waals surface area contributed by atoms with Crippen molar-refractivity contribution in [3.63, 3.8) is 0 Å². The molecule has 3 N–H and O–H groups in total. The van der Waals surface area contributed by atoms with Gasteiger partial charge >= 0.3 is 0 Å². The first-order chi connectivity index (χ1) is 14.2. The van der Waals surface area contributed by atoms with Crippen LogP contribution in [0.3, 0.4) is 0 Å². The number of halogens is 2. The maximum absolute atomic E-state index is 13.1. The molecule has 0 aromatic heterocycles. The second-order valence-corrected chi connectivity index (χ2v) is 6.92. The third-order valence-corrected chi connectivity index (χ3v) is 4.36. The molecule has 160 valence electrons. The van der Waals surface area contributed by atoms with Crippen molar-refractivity contribution < 1.29 is 23.2 Å². The Morgan fingerprint density at radius 1 is 0.900 bits per heavy atom. The SMILES string of the molecule is Cc1cccc(NC(=O)CN(C)CC(=O)NCC(=O)Nc2ccc(F)c(F)c2)c1C. The van der Waals surface area contributed by atoms with E-state index in [1.54, 1.807) is 13.1 Å². The van der Waals surface area contributed by atoms with Crippen LogP contribution in [0.25, 0.3) is 0 Å². The van der Waals surface area contributed by atoms with Crippen LogP contribution >= 0.6 is 0 Å². The van der Waals surface area contributed by atoms with Crippen LogP contribution in [0.4, 0.5) is 20.2 Å². The highest BCUT2D eigenvalue weighted by Gasteiger charge is 2.13. The Morgan fingerprint density at radius 3 is 2.30 bits per heavy atom. The summed E-state index contributed by atoms with van der Waals surface area (Å²) >= 11 is 0. The quantitative estimate of drug-likeness (QED) is 0.613. The largest absolute Gasteiger partial charge is 0.346 e. The molecule has 2 rings (SSSR count). The fourth-order valence-electron chi connectivity index (χ4n) is 2.64. The Balaban J connectivity index is 1.74. The zero-order valence-electron chi connectivity index (χ0n) is 17.0. The van der Waals surface area contributed by atoms with Gasteiger partial charge in [-0.1, -0.05) is 12.1 Å². The number of benzene rings is 2. The molecule has 0 aliphatic heterocycles. The van der Waals surface area contributed by atoms with E-state index in [9.17, 15) is 23.2 Å². The van der Waals surface area contributed by atoms with Gasteiger partial charge in [-0.3, -0.25) is 19.3 Å². The van der Waals surface area contributed by atoms with Crippen molar-refractivity contribution in [1.29, 1.82) is 0 Å². The second kappa shape index (κ2) is 10.4. The van der Waals surface area contributed by atoms with Crippen LogP contribution in [0.2, 0.25) is 0 Å². The molecule has 0 unspecified atom stereocenters. The first kappa shape index (κ1) is 23.0. The van der Waals surface area contributed by atoms with E-state index >= 15 is 0 Å². The molecular formula is C21H24F2N4O3. The third kappa shape index (κ3) is 6.93. The van der Waals surface area contributed by atoms with Crippen LogP contribution in [-0.4, -0.2) is 49.3 Å². The molecular weight excluding hydrogens is 394 g/mol. The van der Waals surface area contributed by atoms with Gasteiger partial charge in [0.05, 0.1) is 19.6 Å². The minimum Gasteiger partial charge on any atom is -0.346 e. The van der Waals surface area contributed by atoms with Crippen LogP contribution in [0.1, 0.15) is 11.1 Å². The van der Waals surface area contributed by atoms with Gasteiger partial charge in [0.1, 0.15) is 0 Å². The number of rotatable bonds is 8. The molecule has 7 nitrogen and oxygen atoms in total. The van der Waals surface area contributed by atoms with Crippen LogP contribution in [0.5, 0.6) is 0 Å². The van der Waals surface area contributed by atoms with Gasteiger partial charge in [0.2, 0.25) is 17.7 Å². The molecule has 0 fully saturated rings. The van der Waals surface area contributed by atoms with Gasteiger partial charge in [-0.15, -0.1) is 0 Å². The van der Waals surface area contributed by atoms with Gasteiger partial charge in [0.15, 0.2) is 11.6 Å². The fraction of sp³-hybridized carbons (Fsp3) is 0.286. The summed E-state index contributed by atoms with van der Waals surface area (Å²) in [6.45, 7) is 3.40. The van der Waals surface area contributed by atoms with E-state index in [4.69, 9.17) is 0 Å². The molecule has 0 atom stereocenters. The van der Waals surface area contributed by atoms with E-state index < -0.39 is 23.4 Å². The maximum atomic E-state index is 13.1. The number of hydrogen-bond donors (Lipinski definition) is 3. The van der Waals surface area contributed by atoms with Crippen LogP contribution in [0, 0.1) is 25.5 Å². The van der Waals surface area contributed by atoms with E-state index in [2.05, 4.69) is 16.0 Å². The zero-order valence-corrected chi connectivity index (χ0v) is 17.0. The summed E-state index contributed by atoms with van der Waals surface area (Å²) in [4.78, 5) is 37.5. The van der Waals surface area contributed by atoms with E-state index in [0.717, 1.165) is 23.3 Å². The van der Waals surface area contributed by atoms with Crippen LogP contribution in [-0.2, 0) is 14.4 Å². The molecule has 3 amide bonds. The van der Waals surface area contributed by atoms with Crippen molar-refractivity contribution in [2.24, 2.45) is 0 Å². The van der Waals surface area contributed by atoms with Crippen LogP contribution in [0.15, 0.2) is 36.4 Å². The van der Waals surface area contributed by atoms with E-state index in [1.807, 2.05) is 26.0 Å². The lowest BCUT2D eigenvalue weighted by molar-refractivity contribution is -0.125. The summed E-state index contributed by atoms with van der Waals surface area (Å²) in [5.41, 5.74) is 2.82. The minimum absolute atomic E-state index is 0.0120. The normalized spacial score (nSPS) is 10.6. The number of aryl methyl sites for hydroxylation is 1. The molecule has 0 saturated heterocycles. The molecule has 0 aliphatic carbocycles. The highest BCUT2D eigenvalue weighted by Crippen LogP contribution is 2.17. The third-order valence-electron chi connectivity index (χ3n) is 4.36. The lowest BCUT2D eigenvalue weighted by Crippen LogP contribution is -2.41. The first-order valence-corrected chi connectivity index (χ1v) is 9.22. The Morgan fingerprint density at radius 2 is 1.60 bits per heavy atom. The van der Waals surface area contributed by atoms with Crippen molar-refractivity contribution in [2.45, 2.75) is 13.8 Å². The number of anilines is 2. The van der Waals surface area contributed by atoms with Crippen molar-refractivity contribution in [2.75, 3.05) is 37.3 Å². The average Bonchev–Trinajstić information content (AvgIpc) is 2.66. The maximum Gasteiger partial charge on any atom is 0.243 e. The smallest absolute Gasteiger partial charge is 0.243 e. The summed E-state index contributed by atoms with van der Waals surface area (Å²) in [5, 5.41) is 7.56. The van der Waals surface area contributed by atoms with Crippen molar-refractivity contribution >= 4 is 29.1 Å². The van der Waals surface area contributed by atoms with Crippen LogP contribution < -0.4 is 16.0 Å². The van der Waals surface area contributed by atoms with Gasteiger partial charge in [-0.05, 0) is 50.2 Å². The van der Waals surface area contributed by atoms with E-state index in [0.29, 0.717) is 5.69 Å². The average molecular weight is 418 g/mol. The Hall–Kier alpha value is -3.33. The minimum atomic E-state index is -1.09. The summed E-state index contributed by atoms with van der Waals surface area (Å²) in [6.07, 6.45) is 0. The number of carbonyl (C=O) groups is 3. The number of nitrogens with one attached hydrogen (secondary N) is 3. The highest BCUT2D eigenvalue weighted by atomic mass is 19.2. The summed E-state index contributed by atoms with van der Waals surface area (Å²) < 4.78 is 26.0. The Labute approximate surface area is 173 Å². The topological polar surface area (TPSA) is 90.5 Å². The number of hydrogen-bond acceptors (Lipinski definition) is 4. The molecule has 0 heterocycles. The number of amides is 3. The van der Waals surface area contributed by atoms with E-state index in [-0.39, 0.29) is 31.2 Å². The Bertz CT molecular complexity index is 950. The summed E-state index contributed by atoms with van der Waals surface area (Å²) in [6, 6.07) is 8.54. The van der Waals surface area contributed by atoms with Gasteiger partial charge in [-0.2, -0.15) is 0 Å². The van der Waals surface area contributed by atoms with Crippen molar-refractivity contribution in [3.8, 4) is 0 Å². The molecule has 0 aliphatic rings. The first-order valence-electron chi connectivity index (χ1n) is 9.22. The molecule has 0 radical (unpaired) electrons. The molecule has 0 bridgehead atoms. The molecule has 30 heavy (non-hydrogen) atoms. The summed E-state index contributed by atoms with van der Waals surface area (Å²) in [5.74, 6) is -3.43. The standard InChI is InChI=1S/C21H24F2N4O3/c1-13-5-4-6-18(14(13)2)26-21(30)12-27(3)11-20(29)24-10-19(28)25-15-7-8-16(22)17(23)9-15/h4-9H,10-12H2,1-3H3,(H,24,29)(H,25,28)(H,26,30). The molecule has 0 saturated carbocycles. The van der Waals surface area contributed by atoms with Gasteiger partial charge in [-0.25, -0.2) is 8.78 Å². The number of carbonyl (C=O) groups excluding carboxylic acids is 3. The lowest BCUT2D eigenvalue weighted by Gasteiger charge is -2.17. The highest BCUT2D eigenvalue weighted by molar-refractivity contribution is 5.95. The van der Waals surface area contributed by atoms with Gasteiger partial charge < -0.3 is 16.0 Å². The molecule has 2 aromatic rings. The monoisotopic (exact) mass is 418 g/mol.